The molecular weight excluding hydrogens is 940 g/mol. The van der Waals surface area contributed by atoms with Gasteiger partial charge >= 0.3 is 21.1 Å². The topological polar surface area (TPSA) is 44.3 Å². The van der Waals surface area contributed by atoms with Crippen LogP contribution in [0.2, 0.25) is 0 Å². The van der Waals surface area contributed by atoms with Gasteiger partial charge in [0.05, 0.1) is 11.3 Å². The van der Waals surface area contributed by atoms with E-state index >= 15 is 0 Å². The fourth-order valence-electron chi connectivity index (χ4n) is 9.57. The summed E-state index contributed by atoms with van der Waals surface area (Å²) in [6, 6.07) is 50.6. The smallest absolute Gasteiger partial charge is 0.503 e. The fourth-order valence-corrected chi connectivity index (χ4v) is 9.57. The molecule has 0 aliphatic carbocycles. The summed E-state index contributed by atoms with van der Waals surface area (Å²) in [4.78, 5) is 10.0. The third kappa shape index (κ3) is 6.73. The first kappa shape index (κ1) is 41.3. The predicted molar refractivity (Wildman–Crippen MR) is 254 cm³/mol. The molecule has 0 saturated heterocycles. The minimum Gasteiger partial charge on any atom is -0.503 e. The number of ether oxygens (including phenoxy) is 1. The van der Waals surface area contributed by atoms with E-state index in [9.17, 15) is 0 Å². The minimum absolute atomic E-state index is 0. The maximum atomic E-state index is 6.77. The Bertz CT molecular complexity index is 3250. The van der Waals surface area contributed by atoms with Gasteiger partial charge in [0.1, 0.15) is 5.82 Å². The molecule has 0 amide bonds. The number of aromatic nitrogens is 4. The molecule has 6 aromatic carbocycles. The van der Waals surface area contributed by atoms with Gasteiger partial charge in [0.25, 0.3) is 0 Å². The fraction of sp³-hybridized carbons (Fsp3) is 0.214. The first-order valence-corrected chi connectivity index (χ1v) is 21.7. The average molecular weight is 990 g/mol. The second kappa shape index (κ2) is 16.3. The van der Waals surface area contributed by atoms with Gasteiger partial charge in [-0.15, -0.1) is 29.7 Å². The molecule has 10 rings (SSSR count). The Hall–Kier alpha value is -6.03. The Morgan fingerprint density at radius 1 is 0.516 bits per heavy atom. The molecule has 0 saturated carbocycles. The van der Waals surface area contributed by atoms with Crippen molar-refractivity contribution in [3.63, 3.8) is 0 Å². The molecule has 0 aliphatic heterocycles. The van der Waals surface area contributed by atoms with E-state index in [0.29, 0.717) is 35.2 Å². The van der Waals surface area contributed by atoms with Crippen molar-refractivity contribution in [2.24, 2.45) is 0 Å². The van der Waals surface area contributed by atoms with Crippen molar-refractivity contribution >= 4 is 49.1 Å². The summed E-state index contributed by atoms with van der Waals surface area (Å²) in [5.41, 5.74) is 14.2. The van der Waals surface area contributed by atoms with Crippen LogP contribution >= 0.6 is 0 Å². The zero-order valence-corrected chi connectivity index (χ0v) is 38.8. The van der Waals surface area contributed by atoms with E-state index in [1.165, 1.54) is 44.3 Å². The average Bonchev–Trinajstić information content (AvgIpc) is 3.86. The monoisotopic (exact) mass is 989 g/mol. The largest absolute Gasteiger partial charge is 2.00 e. The molecule has 0 bridgehead atoms. The van der Waals surface area contributed by atoms with Crippen LogP contribution in [0.4, 0.5) is 0 Å². The zero-order chi connectivity index (χ0) is 42.1. The zero-order valence-electron chi connectivity index (χ0n) is 36.5. The normalized spacial score (nSPS) is 12.0. The number of fused-ring (bicyclic) bond motifs is 9. The summed E-state index contributed by atoms with van der Waals surface area (Å²) in [5.74, 6) is 3.36. The summed E-state index contributed by atoms with van der Waals surface area (Å²) >= 11 is 0. The van der Waals surface area contributed by atoms with E-state index < -0.39 is 0 Å². The molecule has 0 radical (unpaired) electrons. The number of benzene rings is 6. The van der Waals surface area contributed by atoms with E-state index in [1.807, 2.05) is 36.5 Å². The summed E-state index contributed by atoms with van der Waals surface area (Å²) in [6.07, 6.45) is 3.91. The van der Waals surface area contributed by atoms with E-state index in [0.717, 1.165) is 55.3 Å². The Kier molecular flexibility index (Phi) is 10.9. The Balaban J connectivity index is 0.00000490. The van der Waals surface area contributed by atoms with Gasteiger partial charge in [0.15, 0.2) is 0 Å². The standard InChI is InChI=1S/C56H50N4O.Pt/c1-33(2)39-17-13-18-40(34(3)4)53(39)46-21-15-23-49-55(46)45-28-26-37(30-47(45)56-58-32-51(60(49)56)54-41(35(5)6)19-14-20-42(54)36(7)8)61-38-25-27-44-43-16-9-10-22-48(43)59(50(44)31-38)52-24-11-12-29-57-52;/h9-29,32-36H,1-8H3;/q-2;+2. The van der Waals surface area contributed by atoms with Gasteiger partial charge in [-0.2, -0.15) is 6.07 Å². The molecule has 310 valence electrons. The number of imidazole rings is 1. The van der Waals surface area contributed by atoms with Gasteiger partial charge in [-0.05, 0) is 92.1 Å². The van der Waals surface area contributed by atoms with Crippen molar-refractivity contribution in [1.29, 1.82) is 0 Å². The predicted octanol–water partition coefficient (Wildman–Crippen LogP) is 15.4. The number of nitrogens with zero attached hydrogens (tertiary/aromatic N) is 4. The van der Waals surface area contributed by atoms with Gasteiger partial charge in [-0.3, -0.25) is 4.98 Å². The minimum atomic E-state index is 0. The van der Waals surface area contributed by atoms with Crippen molar-refractivity contribution < 1.29 is 25.8 Å². The van der Waals surface area contributed by atoms with Crippen molar-refractivity contribution in [1.82, 2.24) is 18.9 Å². The maximum absolute atomic E-state index is 6.77. The molecule has 0 N–H and O–H groups in total. The number of hydrogen-bond donors (Lipinski definition) is 0. The van der Waals surface area contributed by atoms with Crippen LogP contribution < -0.4 is 4.74 Å². The molecule has 10 aromatic rings. The van der Waals surface area contributed by atoms with Gasteiger partial charge < -0.3 is 13.7 Å². The molecule has 5 nitrogen and oxygen atoms in total. The van der Waals surface area contributed by atoms with E-state index in [-0.39, 0.29) is 21.1 Å². The maximum Gasteiger partial charge on any atom is 2.00 e. The third-order valence-electron chi connectivity index (χ3n) is 12.4. The summed E-state index contributed by atoms with van der Waals surface area (Å²) in [6.45, 7) is 18.4. The Labute approximate surface area is 378 Å². The van der Waals surface area contributed by atoms with Crippen molar-refractivity contribution in [2.75, 3.05) is 0 Å². The second-order valence-corrected chi connectivity index (χ2v) is 17.6. The molecule has 62 heavy (non-hydrogen) atoms. The van der Waals surface area contributed by atoms with Crippen LogP contribution in [-0.2, 0) is 21.1 Å². The van der Waals surface area contributed by atoms with E-state index in [4.69, 9.17) is 14.7 Å². The Morgan fingerprint density at radius 2 is 1.10 bits per heavy atom. The van der Waals surface area contributed by atoms with Crippen LogP contribution in [0.5, 0.6) is 11.5 Å². The molecule has 0 atom stereocenters. The van der Waals surface area contributed by atoms with Gasteiger partial charge in [-0.25, -0.2) is 4.98 Å². The molecule has 0 aliphatic rings. The molecule has 0 spiro atoms. The number of hydrogen-bond acceptors (Lipinski definition) is 3. The third-order valence-corrected chi connectivity index (χ3v) is 12.4. The summed E-state index contributed by atoms with van der Waals surface area (Å²) < 4.78 is 11.3. The molecule has 4 heterocycles. The molecule has 0 unspecified atom stereocenters. The first-order valence-electron chi connectivity index (χ1n) is 21.7. The summed E-state index contributed by atoms with van der Waals surface area (Å²) in [7, 11) is 0. The van der Waals surface area contributed by atoms with Crippen LogP contribution in [0, 0.1) is 12.1 Å². The van der Waals surface area contributed by atoms with Crippen molar-refractivity contribution in [3.8, 4) is 39.7 Å². The van der Waals surface area contributed by atoms with Gasteiger partial charge in [-0.1, -0.05) is 151 Å². The van der Waals surface area contributed by atoms with Gasteiger partial charge in [0.2, 0.25) is 0 Å². The van der Waals surface area contributed by atoms with Crippen LogP contribution in [0.15, 0.2) is 134 Å². The Morgan fingerprint density at radius 3 is 1.74 bits per heavy atom. The SMILES string of the molecule is CC(C)c1cccc(C(C)C)c1-c1cccc2c1c1ccc(Oc3[c-]c4c(cc3)c3ccccc3n4-c3ccccn3)[c-]c1c1ncc(-c3c(C(C)C)cccc3C(C)C)n21.[Pt+2]. The van der Waals surface area contributed by atoms with Crippen LogP contribution in [0.3, 0.4) is 0 Å². The second-order valence-electron chi connectivity index (χ2n) is 17.6. The van der Waals surface area contributed by atoms with Crippen molar-refractivity contribution in [2.45, 2.75) is 79.1 Å². The molecule has 4 aromatic heterocycles. The number of para-hydroxylation sites is 1. The summed E-state index contributed by atoms with van der Waals surface area (Å²) in [5, 5.41) is 5.41. The number of pyridine rings is 2. The van der Waals surface area contributed by atoms with Crippen LogP contribution in [0.25, 0.3) is 77.3 Å². The van der Waals surface area contributed by atoms with E-state index in [1.54, 1.807) is 0 Å². The van der Waals surface area contributed by atoms with Gasteiger partial charge in [0, 0.05) is 40.5 Å². The molecule has 0 fully saturated rings. The molecular formula is C56H50N4OPt. The molecule has 6 heteroatoms. The van der Waals surface area contributed by atoms with Crippen molar-refractivity contribution in [3.05, 3.63) is 168 Å². The van der Waals surface area contributed by atoms with Crippen LogP contribution in [0.1, 0.15) is 101 Å². The number of rotatable bonds is 9. The quantitative estimate of drug-likeness (QED) is 0.107. The first-order chi connectivity index (χ1) is 29.6. The van der Waals surface area contributed by atoms with E-state index in [2.05, 4.69) is 174 Å². The van der Waals surface area contributed by atoms with Crippen LogP contribution in [-0.4, -0.2) is 18.9 Å².